The Hall–Kier alpha value is -2.49. The molecule has 0 atom stereocenters. The second kappa shape index (κ2) is 6.79. The van der Waals surface area contributed by atoms with E-state index in [0.29, 0.717) is 23.6 Å². The summed E-state index contributed by atoms with van der Waals surface area (Å²) >= 11 is 0. The van der Waals surface area contributed by atoms with Gasteiger partial charge in [0.2, 0.25) is 0 Å². The number of para-hydroxylation sites is 1. The Morgan fingerprint density at radius 1 is 1.14 bits per heavy atom. The third kappa shape index (κ3) is 3.75. The summed E-state index contributed by atoms with van der Waals surface area (Å²) in [5.74, 6) is -0.0553. The molecule has 0 unspecified atom stereocenters. The number of nitrogens with two attached hydrogens (primary N) is 1. The molecular formula is C17H19NO3. The molecule has 0 bridgehead atoms. The number of anilines is 1. The van der Waals surface area contributed by atoms with E-state index in [1.54, 1.807) is 18.2 Å². The topological polar surface area (TPSA) is 61.5 Å². The summed E-state index contributed by atoms with van der Waals surface area (Å²) in [7, 11) is 0. The van der Waals surface area contributed by atoms with Crippen LogP contribution in [0.4, 0.5) is 5.69 Å². The van der Waals surface area contributed by atoms with E-state index in [-0.39, 0.29) is 6.61 Å². The molecule has 2 aromatic carbocycles. The monoisotopic (exact) mass is 285 g/mol. The zero-order valence-corrected chi connectivity index (χ0v) is 12.3. The lowest BCUT2D eigenvalue weighted by Gasteiger charge is -2.12. The molecule has 0 aromatic heterocycles. The average Bonchev–Trinajstić information content (AvgIpc) is 2.48. The molecule has 2 aromatic rings. The number of hydrogen-bond donors (Lipinski definition) is 1. The SMILES string of the molecule is CCOc1c(N)cccc1C(=O)OCc1ccc(C)cc1. The molecule has 0 aliphatic heterocycles. The van der Waals surface area contributed by atoms with Gasteiger partial charge in [0, 0.05) is 0 Å². The Morgan fingerprint density at radius 2 is 1.86 bits per heavy atom. The first kappa shape index (κ1) is 14.9. The molecule has 0 aliphatic rings. The molecule has 0 aliphatic carbocycles. The van der Waals surface area contributed by atoms with Crippen LogP contribution in [0, 0.1) is 6.92 Å². The lowest BCUT2D eigenvalue weighted by Crippen LogP contribution is -2.09. The van der Waals surface area contributed by atoms with Crippen molar-refractivity contribution in [2.24, 2.45) is 0 Å². The predicted octanol–water partition coefficient (Wildman–Crippen LogP) is 3.33. The van der Waals surface area contributed by atoms with Crippen LogP contribution in [-0.2, 0) is 11.3 Å². The highest BCUT2D eigenvalue weighted by Crippen LogP contribution is 2.27. The number of esters is 1. The number of hydrogen-bond acceptors (Lipinski definition) is 4. The van der Waals surface area contributed by atoms with Gasteiger partial charge >= 0.3 is 5.97 Å². The van der Waals surface area contributed by atoms with Crippen LogP contribution in [0.1, 0.15) is 28.4 Å². The van der Waals surface area contributed by atoms with Crippen LogP contribution in [0.15, 0.2) is 42.5 Å². The predicted molar refractivity (Wildman–Crippen MR) is 82.3 cm³/mol. The number of aryl methyl sites for hydroxylation is 1. The van der Waals surface area contributed by atoms with E-state index in [2.05, 4.69) is 0 Å². The summed E-state index contributed by atoms with van der Waals surface area (Å²) in [5, 5.41) is 0. The fraction of sp³-hybridized carbons (Fsp3) is 0.235. The highest BCUT2D eigenvalue weighted by atomic mass is 16.5. The summed E-state index contributed by atoms with van der Waals surface area (Å²) in [6.07, 6.45) is 0. The van der Waals surface area contributed by atoms with Gasteiger partial charge in [-0.3, -0.25) is 0 Å². The Bertz CT molecular complexity index is 620. The van der Waals surface area contributed by atoms with Gasteiger partial charge in [0.15, 0.2) is 5.75 Å². The lowest BCUT2D eigenvalue weighted by molar-refractivity contribution is 0.0468. The summed E-state index contributed by atoms with van der Waals surface area (Å²) in [5.41, 5.74) is 8.73. The molecule has 0 saturated carbocycles. The van der Waals surface area contributed by atoms with Crippen molar-refractivity contribution in [3.63, 3.8) is 0 Å². The third-order valence-electron chi connectivity index (χ3n) is 3.04. The Labute approximate surface area is 124 Å². The van der Waals surface area contributed by atoms with Crippen LogP contribution in [0.3, 0.4) is 0 Å². The van der Waals surface area contributed by atoms with Gasteiger partial charge in [-0.1, -0.05) is 35.9 Å². The third-order valence-corrected chi connectivity index (χ3v) is 3.04. The minimum Gasteiger partial charge on any atom is -0.491 e. The van der Waals surface area contributed by atoms with Crippen molar-refractivity contribution in [2.75, 3.05) is 12.3 Å². The molecular weight excluding hydrogens is 266 g/mol. The molecule has 0 amide bonds. The fourth-order valence-electron chi connectivity index (χ4n) is 1.93. The standard InChI is InChI=1S/C17H19NO3/c1-3-20-16-14(5-4-6-15(16)18)17(19)21-11-13-9-7-12(2)8-10-13/h4-10H,3,11,18H2,1-2H3. The van der Waals surface area contributed by atoms with Crippen LogP contribution in [0.5, 0.6) is 5.75 Å². The van der Waals surface area contributed by atoms with E-state index < -0.39 is 5.97 Å². The highest BCUT2D eigenvalue weighted by molar-refractivity contribution is 5.94. The fourth-order valence-corrected chi connectivity index (χ4v) is 1.93. The number of rotatable bonds is 5. The van der Waals surface area contributed by atoms with Crippen LogP contribution in [-0.4, -0.2) is 12.6 Å². The molecule has 0 saturated heterocycles. The van der Waals surface area contributed by atoms with Crippen molar-refractivity contribution in [1.29, 1.82) is 0 Å². The first-order valence-electron chi connectivity index (χ1n) is 6.85. The molecule has 4 heteroatoms. The molecule has 0 heterocycles. The van der Waals surface area contributed by atoms with Gasteiger partial charge < -0.3 is 15.2 Å². The maximum Gasteiger partial charge on any atom is 0.342 e. The molecule has 0 radical (unpaired) electrons. The van der Waals surface area contributed by atoms with Crippen molar-refractivity contribution >= 4 is 11.7 Å². The van der Waals surface area contributed by atoms with Crippen LogP contribution in [0.2, 0.25) is 0 Å². The van der Waals surface area contributed by atoms with E-state index in [1.807, 2.05) is 38.1 Å². The van der Waals surface area contributed by atoms with E-state index in [1.165, 1.54) is 5.56 Å². The van der Waals surface area contributed by atoms with E-state index >= 15 is 0 Å². The van der Waals surface area contributed by atoms with Crippen LogP contribution < -0.4 is 10.5 Å². The largest absolute Gasteiger partial charge is 0.491 e. The molecule has 0 spiro atoms. The molecule has 4 nitrogen and oxygen atoms in total. The second-order valence-corrected chi connectivity index (χ2v) is 4.72. The highest BCUT2D eigenvalue weighted by Gasteiger charge is 2.16. The van der Waals surface area contributed by atoms with Gasteiger partial charge in [0.25, 0.3) is 0 Å². The van der Waals surface area contributed by atoms with Crippen molar-refractivity contribution in [3.8, 4) is 5.75 Å². The maximum atomic E-state index is 12.2. The van der Waals surface area contributed by atoms with E-state index in [0.717, 1.165) is 5.56 Å². The van der Waals surface area contributed by atoms with Crippen LogP contribution in [0.25, 0.3) is 0 Å². The number of carbonyl (C=O) groups is 1. The van der Waals surface area contributed by atoms with Crippen LogP contribution >= 0.6 is 0 Å². The van der Waals surface area contributed by atoms with Crippen molar-refractivity contribution in [3.05, 3.63) is 59.2 Å². The van der Waals surface area contributed by atoms with Crippen molar-refractivity contribution in [2.45, 2.75) is 20.5 Å². The van der Waals surface area contributed by atoms with Crippen molar-refractivity contribution in [1.82, 2.24) is 0 Å². The summed E-state index contributed by atoms with van der Waals surface area (Å²) in [4.78, 5) is 12.2. The maximum absolute atomic E-state index is 12.2. The van der Waals surface area contributed by atoms with Gasteiger partial charge in [-0.05, 0) is 31.5 Å². The molecule has 0 fully saturated rings. The average molecular weight is 285 g/mol. The number of ether oxygens (including phenoxy) is 2. The van der Waals surface area contributed by atoms with Gasteiger partial charge in [-0.25, -0.2) is 4.79 Å². The minimum absolute atomic E-state index is 0.222. The molecule has 110 valence electrons. The molecule has 2 rings (SSSR count). The van der Waals surface area contributed by atoms with Gasteiger partial charge in [-0.15, -0.1) is 0 Å². The summed E-state index contributed by atoms with van der Waals surface area (Å²) in [6.45, 7) is 4.51. The Kier molecular flexibility index (Phi) is 4.82. The zero-order chi connectivity index (χ0) is 15.2. The van der Waals surface area contributed by atoms with Gasteiger partial charge in [-0.2, -0.15) is 0 Å². The quantitative estimate of drug-likeness (QED) is 0.676. The van der Waals surface area contributed by atoms with Crippen molar-refractivity contribution < 1.29 is 14.3 Å². The van der Waals surface area contributed by atoms with E-state index in [4.69, 9.17) is 15.2 Å². The molecule has 21 heavy (non-hydrogen) atoms. The smallest absolute Gasteiger partial charge is 0.342 e. The number of benzene rings is 2. The number of carbonyl (C=O) groups excluding carboxylic acids is 1. The van der Waals surface area contributed by atoms with Gasteiger partial charge in [0.1, 0.15) is 12.2 Å². The first-order chi connectivity index (χ1) is 10.1. The van der Waals surface area contributed by atoms with E-state index in [9.17, 15) is 4.79 Å². The summed E-state index contributed by atoms with van der Waals surface area (Å²) in [6, 6.07) is 12.9. The Balaban J connectivity index is 2.10. The second-order valence-electron chi connectivity index (χ2n) is 4.72. The number of nitrogen functional groups attached to an aromatic ring is 1. The summed E-state index contributed by atoms with van der Waals surface area (Å²) < 4.78 is 10.8. The van der Waals surface area contributed by atoms with Gasteiger partial charge in [0.05, 0.1) is 12.3 Å². The minimum atomic E-state index is -0.439. The Morgan fingerprint density at radius 3 is 2.52 bits per heavy atom. The first-order valence-corrected chi connectivity index (χ1v) is 6.85. The lowest BCUT2D eigenvalue weighted by atomic mass is 10.1. The normalized spacial score (nSPS) is 10.2. The molecule has 2 N–H and O–H groups in total. The zero-order valence-electron chi connectivity index (χ0n) is 12.3.